The number of fused-ring (bicyclic) bond motifs is 1. The topological polar surface area (TPSA) is 47.1 Å². The largest absolute Gasteiger partial charge is 0.493 e. The number of nitrogens with one attached hydrogen (secondary N) is 1. The summed E-state index contributed by atoms with van der Waals surface area (Å²) < 4.78 is 11.6. The highest BCUT2D eigenvalue weighted by Crippen LogP contribution is 2.32. The first-order valence-electron chi connectivity index (χ1n) is 8.46. The first-order valence-corrected chi connectivity index (χ1v) is 8.46. The lowest BCUT2D eigenvalue weighted by Gasteiger charge is -2.15. The summed E-state index contributed by atoms with van der Waals surface area (Å²) in [5.41, 5.74) is 5.49. The van der Waals surface area contributed by atoms with Crippen LogP contribution < -0.4 is 9.47 Å². The molecule has 0 aliphatic heterocycles. The van der Waals surface area contributed by atoms with Crippen LogP contribution in [0.15, 0.2) is 36.4 Å². The highest BCUT2D eigenvalue weighted by Gasteiger charge is 2.16. The second-order valence-corrected chi connectivity index (χ2v) is 6.27. The summed E-state index contributed by atoms with van der Waals surface area (Å²) in [6.45, 7) is 8.14. The molecule has 3 rings (SSSR count). The van der Waals surface area contributed by atoms with Crippen LogP contribution in [-0.2, 0) is 0 Å². The van der Waals surface area contributed by atoms with Crippen LogP contribution in [0.1, 0.15) is 42.5 Å². The van der Waals surface area contributed by atoms with Crippen molar-refractivity contribution in [3.8, 4) is 11.5 Å². The van der Waals surface area contributed by atoms with E-state index in [-0.39, 0.29) is 6.10 Å². The van der Waals surface area contributed by atoms with Gasteiger partial charge in [-0.3, -0.25) is 0 Å². The quantitative estimate of drug-likeness (QED) is 0.682. The van der Waals surface area contributed by atoms with Gasteiger partial charge < -0.3 is 14.5 Å². The molecule has 0 amide bonds. The van der Waals surface area contributed by atoms with Gasteiger partial charge in [-0.05, 0) is 62.6 Å². The van der Waals surface area contributed by atoms with Crippen molar-refractivity contribution in [2.45, 2.75) is 33.8 Å². The number of imidazole rings is 1. The summed E-state index contributed by atoms with van der Waals surface area (Å²) in [7, 11) is 1.65. The lowest BCUT2D eigenvalue weighted by Crippen LogP contribution is -2.06. The summed E-state index contributed by atoms with van der Waals surface area (Å²) in [6, 6.07) is 10.2. The Morgan fingerprint density at radius 2 is 1.92 bits per heavy atom. The van der Waals surface area contributed by atoms with Gasteiger partial charge in [-0.1, -0.05) is 24.3 Å². The number of methoxy groups -OCH3 is 1. The Balaban J connectivity index is 1.89. The Morgan fingerprint density at radius 3 is 2.64 bits per heavy atom. The smallest absolute Gasteiger partial charge is 0.162 e. The number of benzene rings is 2. The van der Waals surface area contributed by atoms with Crippen LogP contribution in [-0.4, -0.2) is 17.1 Å². The fraction of sp³-hybridized carbons (Fsp3) is 0.286. The van der Waals surface area contributed by atoms with Gasteiger partial charge in [0.2, 0.25) is 0 Å². The van der Waals surface area contributed by atoms with E-state index < -0.39 is 0 Å². The van der Waals surface area contributed by atoms with Crippen molar-refractivity contribution in [2.75, 3.05) is 7.11 Å². The molecule has 4 nitrogen and oxygen atoms in total. The van der Waals surface area contributed by atoms with Crippen molar-refractivity contribution in [1.82, 2.24) is 9.97 Å². The number of hydrogen-bond acceptors (Lipinski definition) is 3. The van der Waals surface area contributed by atoms with Crippen LogP contribution in [0.25, 0.3) is 17.1 Å². The van der Waals surface area contributed by atoms with Crippen LogP contribution in [0.3, 0.4) is 0 Å². The lowest BCUT2D eigenvalue weighted by atomic mass is 10.1. The highest BCUT2D eigenvalue weighted by molar-refractivity contribution is 5.79. The second kappa shape index (κ2) is 7.01. The Morgan fingerprint density at radius 1 is 1.12 bits per heavy atom. The summed E-state index contributed by atoms with van der Waals surface area (Å²) >= 11 is 0. The number of nitrogens with zero attached hydrogens (tertiary/aromatic N) is 1. The minimum Gasteiger partial charge on any atom is -0.493 e. The Labute approximate surface area is 148 Å². The molecule has 0 bridgehead atoms. The number of aryl methyl sites for hydroxylation is 2. The number of aromatic nitrogens is 2. The predicted octanol–water partition coefficient (Wildman–Crippen LogP) is 5.36. The minimum absolute atomic E-state index is 0.214. The first-order chi connectivity index (χ1) is 12.0. The third kappa shape index (κ3) is 3.53. The Kier molecular flexibility index (Phi) is 4.79. The predicted molar refractivity (Wildman–Crippen MR) is 102 cm³/mol. The van der Waals surface area contributed by atoms with E-state index in [4.69, 9.17) is 14.5 Å². The van der Waals surface area contributed by atoms with Crippen LogP contribution >= 0.6 is 0 Å². The second-order valence-electron chi connectivity index (χ2n) is 6.27. The van der Waals surface area contributed by atoms with Gasteiger partial charge in [0.1, 0.15) is 5.82 Å². The zero-order chi connectivity index (χ0) is 18.0. The van der Waals surface area contributed by atoms with Gasteiger partial charge in [0.05, 0.1) is 18.1 Å². The Bertz CT molecular complexity index is 925. The lowest BCUT2D eigenvalue weighted by molar-refractivity contribution is 0.208. The molecular weight excluding hydrogens is 312 g/mol. The number of rotatable bonds is 5. The summed E-state index contributed by atoms with van der Waals surface area (Å²) in [5.74, 6) is 2.23. The standard InChI is InChI=1S/C21H24N2O2/c1-6-7-16-8-9-18(19(12-16)24-5)25-15(4)21-22-17-11-13(2)10-14(3)20(17)23-21/h6-12,15H,1-5H3,(H,22,23)/b7-6+. The first kappa shape index (κ1) is 17.1. The third-order valence-corrected chi connectivity index (χ3v) is 4.18. The minimum atomic E-state index is -0.214. The van der Waals surface area contributed by atoms with Gasteiger partial charge in [-0.2, -0.15) is 0 Å². The molecular formula is C21H24N2O2. The van der Waals surface area contributed by atoms with E-state index in [1.54, 1.807) is 7.11 Å². The average molecular weight is 336 g/mol. The molecule has 1 aromatic heterocycles. The summed E-state index contributed by atoms with van der Waals surface area (Å²) in [6.07, 6.45) is 3.81. The molecule has 0 fully saturated rings. The van der Waals surface area contributed by atoms with E-state index >= 15 is 0 Å². The van der Waals surface area contributed by atoms with Gasteiger partial charge in [0.15, 0.2) is 17.6 Å². The monoisotopic (exact) mass is 336 g/mol. The van der Waals surface area contributed by atoms with Crippen LogP contribution in [0.2, 0.25) is 0 Å². The van der Waals surface area contributed by atoms with E-state index in [0.29, 0.717) is 11.5 Å². The molecule has 0 aliphatic rings. The fourth-order valence-corrected chi connectivity index (χ4v) is 3.01. The maximum Gasteiger partial charge on any atom is 0.162 e. The maximum absolute atomic E-state index is 6.11. The molecule has 130 valence electrons. The molecule has 0 radical (unpaired) electrons. The van der Waals surface area contributed by atoms with Crippen molar-refractivity contribution in [1.29, 1.82) is 0 Å². The van der Waals surface area contributed by atoms with Gasteiger partial charge in [-0.25, -0.2) is 4.98 Å². The SMILES string of the molecule is C/C=C/c1ccc(OC(C)c2nc3c(C)cc(C)cc3[nH]2)c(OC)c1. The molecule has 2 aromatic carbocycles. The molecule has 0 spiro atoms. The molecule has 1 atom stereocenters. The van der Waals surface area contributed by atoms with Crippen molar-refractivity contribution in [2.24, 2.45) is 0 Å². The molecule has 0 aliphatic carbocycles. The Hall–Kier alpha value is -2.75. The van der Waals surface area contributed by atoms with E-state index in [1.165, 1.54) is 5.56 Å². The van der Waals surface area contributed by atoms with Gasteiger partial charge in [-0.15, -0.1) is 0 Å². The van der Waals surface area contributed by atoms with Gasteiger partial charge in [0.25, 0.3) is 0 Å². The van der Waals surface area contributed by atoms with Crippen molar-refractivity contribution in [3.05, 3.63) is 58.9 Å². The summed E-state index contributed by atoms with van der Waals surface area (Å²) in [5, 5.41) is 0. The van der Waals surface area contributed by atoms with E-state index in [2.05, 4.69) is 31.0 Å². The number of ether oxygens (including phenoxy) is 2. The van der Waals surface area contributed by atoms with E-state index in [9.17, 15) is 0 Å². The van der Waals surface area contributed by atoms with Crippen LogP contribution in [0, 0.1) is 13.8 Å². The van der Waals surface area contributed by atoms with Crippen molar-refractivity contribution in [3.63, 3.8) is 0 Å². The molecule has 1 heterocycles. The van der Waals surface area contributed by atoms with Crippen LogP contribution in [0.5, 0.6) is 11.5 Å². The van der Waals surface area contributed by atoms with E-state index in [1.807, 2.05) is 44.2 Å². The van der Waals surface area contributed by atoms with Crippen LogP contribution in [0.4, 0.5) is 0 Å². The summed E-state index contributed by atoms with van der Waals surface area (Å²) in [4.78, 5) is 8.10. The highest BCUT2D eigenvalue weighted by atomic mass is 16.5. The normalized spacial score (nSPS) is 12.7. The van der Waals surface area contributed by atoms with Gasteiger partial charge >= 0.3 is 0 Å². The number of H-pyrrole nitrogens is 1. The zero-order valence-corrected chi connectivity index (χ0v) is 15.4. The van der Waals surface area contributed by atoms with E-state index in [0.717, 1.165) is 28.0 Å². The fourth-order valence-electron chi connectivity index (χ4n) is 3.01. The number of hydrogen-bond donors (Lipinski definition) is 1. The molecule has 0 saturated carbocycles. The van der Waals surface area contributed by atoms with Crippen molar-refractivity contribution < 1.29 is 9.47 Å². The maximum atomic E-state index is 6.11. The molecule has 25 heavy (non-hydrogen) atoms. The molecule has 3 aromatic rings. The zero-order valence-electron chi connectivity index (χ0n) is 15.4. The molecule has 4 heteroatoms. The molecule has 0 saturated heterocycles. The number of allylic oxidation sites excluding steroid dienone is 1. The van der Waals surface area contributed by atoms with Gasteiger partial charge in [0, 0.05) is 0 Å². The average Bonchev–Trinajstić information content (AvgIpc) is 3.01. The molecule has 1 N–H and O–H groups in total. The molecule has 1 unspecified atom stereocenters. The third-order valence-electron chi connectivity index (χ3n) is 4.18. The van der Waals surface area contributed by atoms with Crippen molar-refractivity contribution >= 4 is 17.1 Å². The number of aromatic amines is 1.